The summed E-state index contributed by atoms with van der Waals surface area (Å²) in [4.78, 5) is 28.7. The Morgan fingerprint density at radius 2 is 2.08 bits per heavy atom. The molecule has 1 fully saturated rings. The van der Waals surface area contributed by atoms with Crippen LogP contribution in [0.15, 0.2) is 22.7 Å². The number of nitrogens with zero attached hydrogens (tertiary/aromatic N) is 2. The molecule has 0 aliphatic carbocycles. The van der Waals surface area contributed by atoms with Gasteiger partial charge in [-0.25, -0.2) is 4.79 Å². The first-order valence-corrected chi connectivity index (χ1v) is 9.11. The summed E-state index contributed by atoms with van der Waals surface area (Å²) in [7, 11) is 0. The van der Waals surface area contributed by atoms with E-state index < -0.39 is 5.60 Å². The van der Waals surface area contributed by atoms with Crippen LogP contribution in [0.5, 0.6) is 0 Å². The predicted octanol–water partition coefficient (Wildman–Crippen LogP) is 3.80. The molecule has 6 heteroatoms. The van der Waals surface area contributed by atoms with Gasteiger partial charge >= 0.3 is 6.09 Å². The SMILES string of the molecule is CC(C)(C)OC(=O)N1CCC[C@H](N2Cc3ccc(Br)cc3C2=O)C1. The molecule has 1 aromatic carbocycles. The first-order valence-electron chi connectivity index (χ1n) is 8.32. The van der Waals surface area contributed by atoms with Gasteiger partial charge in [0.05, 0.1) is 6.04 Å². The number of carbonyl (C=O) groups is 2. The van der Waals surface area contributed by atoms with Gasteiger partial charge < -0.3 is 14.5 Å². The van der Waals surface area contributed by atoms with Gasteiger partial charge in [0.25, 0.3) is 5.91 Å². The number of fused-ring (bicyclic) bond motifs is 1. The van der Waals surface area contributed by atoms with Gasteiger partial charge in [-0.1, -0.05) is 22.0 Å². The van der Waals surface area contributed by atoms with E-state index in [2.05, 4.69) is 15.9 Å². The second-order valence-corrected chi connectivity index (χ2v) is 8.37. The van der Waals surface area contributed by atoms with Crippen molar-refractivity contribution in [2.75, 3.05) is 13.1 Å². The fourth-order valence-electron chi connectivity index (χ4n) is 3.29. The molecule has 1 saturated heterocycles. The van der Waals surface area contributed by atoms with Gasteiger partial charge in [-0.05, 0) is 51.3 Å². The fourth-order valence-corrected chi connectivity index (χ4v) is 3.65. The van der Waals surface area contributed by atoms with E-state index in [4.69, 9.17) is 4.74 Å². The molecule has 24 heavy (non-hydrogen) atoms. The molecule has 2 aliphatic heterocycles. The van der Waals surface area contributed by atoms with E-state index in [0.717, 1.165) is 28.4 Å². The largest absolute Gasteiger partial charge is 0.444 e. The summed E-state index contributed by atoms with van der Waals surface area (Å²) in [6.45, 7) is 7.44. The number of rotatable bonds is 1. The molecule has 5 nitrogen and oxygen atoms in total. The molecule has 0 unspecified atom stereocenters. The van der Waals surface area contributed by atoms with E-state index in [0.29, 0.717) is 19.6 Å². The summed E-state index contributed by atoms with van der Waals surface area (Å²) in [6.07, 6.45) is 1.51. The van der Waals surface area contributed by atoms with E-state index in [1.165, 1.54) is 0 Å². The predicted molar refractivity (Wildman–Crippen MR) is 94.8 cm³/mol. The van der Waals surface area contributed by atoms with Crippen LogP contribution in [-0.4, -0.2) is 46.5 Å². The number of piperidine rings is 1. The standard InChI is InChI=1S/C18H23BrN2O3/c1-18(2,3)24-17(23)20-8-4-5-14(11-20)21-10-12-6-7-13(19)9-15(12)16(21)22/h6-7,9,14H,4-5,8,10-11H2,1-3H3/t14-/m0/s1. The van der Waals surface area contributed by atoms with Crippen molar-refractivity contribution in [2.45, 2.75) is 51.8 Å². The van der Waals surface area contributed by atoms with E-state index in [1.807, 2.05) is 43.9 Å². The quantitative estimate of drug-likeness (QED) is 0.727. The van der Waals surface area contributed by atoms with Gasteiger partial charge in [0.2, 0.25) is 0 Å². The topological polar surface area (TPSA) is 49.9 Å². The lowest BCUT2D eigenvalue weighted by molar-refractivity contribution is 0.0106. The first-order chi connectivity index (χ1) is 11.2. The molecule has 130 valence electrons. The first kappa shape index (κ1) is 17.3. The molecule has 1 atom stereocenters. The third kappa shape index (κ3) is 3.58. The molecular weight excluding hydrogens is 372 g/mol. The van der Waals surface area contributed by atoms with Gasteiger partial charge in [-0.15, -0.1) is 0 Å². The summed E-state index contributed by atoms with van der Waals surface area (Å²) in [5.41, 5.74) is 1.31. The highest BCUT2D eigenvalue weighted by Crippen LogP contribution is 2.30. The Labute approximate surface area is 151 Å². The average molecular weight is 395 g/mol. The summed E-state index contributed by atoms with van der Waals surface area (Å²) in [5, 5.41) is 0. The summed E-state index contributed by atoms with van der Waals surface area (Å²) >= 11 is 3.42. The number of hydrogen-bond acceptors (Lipinski definition) is 3. The molecule has 1 aromatic rings. The van der Waals surface area contributed by atoms with E-state index in [1.54, 1.807) is 4.90 Å². The Morgan fingerprint density at radius 3 is 2.79 bits per heavy atom. The zero-order valence-electron chi connectivity index (χ0n) is 14.3. The second-order valence-electron chi connectivity index (χ2n) is 7.46. The molecule has 0 spiro atoms. The molecule has 0 bridgehead atoms. The highest BCUT2D eigenvalue weighted by molar-refractivity contribution is 9.10. The van der Waals surface area contributed by atoms with Gasteiger partial charge in [-0.2, -0.15) is 0 Å². The Morgan fingerprint density at radius 1 is 1.33 bits per heavy atom. The van der Waals surface area contributed by atoms with Gasteiger partial charge in [0, 0.05) is 29.7 Å². The highest BCUT2D eigenvalue weighted by Gasteiger charge is 2.36. The zero-order valence-corrected chi connectivity index (χ0v) is 15.9. The maximum absolute atomic E-state index is 12.7. The lowest BCUT2D eigenvalue weighted by Gasteiger charge is -2.38. The number of benzene rings is 1. The number of hydrogen-bond donors (Lipinski definition) is 0. The third-order valence-electron chi connectivity index (χ3n) is 4.39. The molecule has 2 amide bonds. The second kappa shape index (κ2) is 6.39. The van der Waals surface area contributed by atoms with E-state index >= 15 is 0 Å². The van der Waals surface area contributed by atoms with Crippen molar-refractivity contribution < 1.29 is 14.3 Å². The molecular formula is C18H23BrN2O3. The van der Waals surface area contributed by atoms with Crippen LogP contribution in [0, 0.1) is 0 Å². The lowest BCUT2D eigenvalue weighted by Crippen LogP contribution is -2.50. The normalized spacial score (nSPS) is 21.0. The molecule has 0 N–H and O–H groups in total. The maximum Gasteiger partial charge on any atom is 0.410 e. The molecule has 0 aromatic heterocycles. The van der Waals surface area contributed by atoms with Crippen molar-refractivity contribution in [1.82, 2.24) is 9.80 Å². The Hall–Kier alpha value is -1.56. The van der Waals surface area contributed by atoms with Crippen molar-refractivity contribution >= 4 is 27.9 Å². The van der Waals surface area contributed by atoms with Crippen LogP contribution in [-0.2, 0) is 11.3 Å². The molecule has 0 radical (unpaired) electrons. The van der Waals surface area contributed by atoms with Crippen molar-refractivity contribution in [1.29, 1.82) is 0 Å². The van der Waals surface area contributed by atoms with Crippen LogP contribution in [0.3, 0.4) is 0 Å². The lowest BCUT2D eigenvalue weighted by atomic mass is 10.0. The monoisotopic (exact) mass is 394 g/mol. The zero-order chi connectivity index (χ0) is 17.5. The van der Waals surface area contributed by atoms with Crippen molar-refractivity contribution in [3.63, 3.8) is 0 Å². The number of halogens is 1. The van der Waals surface area contributed by atoms with Crippen LogP contribution in [0.4, 0.5) is 4.79 Å². The third-order valence-corrected chi connectivity index (χ3v) is 4.89. The van der Waals surface area contributed by atoms with Crippen LogP contribution >= 0.6 is 15.9 Å². The summed E-state index contributed by atoms with van der Waals surface area (Å²) in [5.74, 6) is 0.0577. The minimum atomic E-state index is -0.504. The van der Waals surface area contributed by atoms with Crippen LogP contribution in [0.2, 0.25) is 0 Å². The maximum atomic E-state index is 12.7. The molecule has 3 rings (SSSR count). The number of ether oxygens (including phenoxy) is 1. The van der Waals surface area contributed by atoms with Crippen LogP contribution in [0.25, 0.3) is 0 Å². The number of carbonyl (C=O) groups excluding carboxylic acids is 2. The fraction of sp³-hybridized carbons (Fsp3) is 0.556. The Kier molecular flexibility index (Phi) is 4.60. The molecule has 0 saturated carbocycles. The van der Waals surface area contributed by atoms with E-state index in [-0.39, 0.29) is 18.0 Å². The Bertz CT molecular complexity index is 669. The molecule has 2 heterocycles. The van der Waals surface area contributed by atoms with Gasteiger partial charge in [0.1, 0.15) is 5.60 Å². The average Bonchev–Trinajstić information content (AvgIpc) is 2.83. The highest BCUT2D eigenvalue weighted by atomic mass is 79.9. The minimum absolute atomic E-state index is 0.0462. The Balaban J connectivity index is 1.70. The number of likely N-dealkylation sites (tertiary alicyclic amines) is 1. The van der Waals surface area contributed by atoms with Crippen LogP contribution in [0.1, 0.15) is 49.5 Å². The molecule has 2 aliphatic rings. The van der Waals surface area contributed by atoms with E-state index in [9.17, 15) is 9.59 Å². The smallest absolute Gasteiger partial charge is 0.410 e. The van der Waals surface area contributed by atoms with Crippen LogP contribution < -0.4 is 0 Å². The summed E-state index contributed by atoms with van der Waals surface area (Å²) < 4.78 is 6.38. The number of amides is 2. The van der Waals surface area contributed by atoms with Crippen molar-refractivity contribution in [3.05, 3.63) is 33.8 Å². The van der Waals surface area contributed by atoms with Gasteiger partial charge in [0.15, 0.2) is 0 Å². The minimum Gasteiger partial charge on any atom is -0.444 e. The van der Waals surface area contributed by atoms with Crippen molar-refractivity contribution in [3.8, 4) is 0 Å². The summed E-state index contributed by atoms with van der Waals surface area (Å²) in [6, 6.07) is 5.88. The van der Waals surface area contributed by atoms with Gasteiger partial charge in [-0.3, -0.25) is 4.79 Å². The van der Waals surface area contributed by atoms with Crippen molar-refractivity contribution in [2.24, 2.45) is 0 Å².